The number of nitrogens with zero attached hydrogens (tertiary/aromatic N) is 2. The van der Waals surface area contributed by atoms with Gasteiger partial charge in [0.05, 0.1) is 0 Å². The molecule has 11 heteroatoms. The molecular formula is C15H17ClN4O4S2. The number of rotatable bonds is 7. The van der Waals surface area contributed by atoms with Gasteiger partial charge < -0.3 is 5.32 Å². The lowest BCUT2D eigenvalue weighted by atomic mass is 10.3. The first-order valence-electron chi connectivity index (χ1n) is 7.61. The van der Waals surface area contributed by atoms with Crippen LogP contribution in [-0.2, 0) is 25.8 Å². The molecule has 0 radical (unpaired) electrons. The van der Waals surface area contributed by atoms with Crippen molar-refractivity contribution in [3.63, 3.8) is 0 Å². The van der Waals surface area contributed by atoms with Gasteiger partial charge in [-0.3, -0.25) is 14.9 Å². The smallest absolute Gasteiger partial charge is 0.244 e. The first kappa shape index (κ1) is 20.3. The predicted octanol–water partition coefficient (Wildman–Crippen LogP) is 2.13. The number of aryl methyl sites for hydroxylation is 1. The van der Waals surface area contributed by atoms with Crippen LogP contribution in [-0.4, -0.2) is 41.4 Å². The lowest BCUT2D eigenvalue weighted by Crippen LogP contribution is -2.37. The maximum atomic E-state index is 12.3. The number of hydrogen-bond donors (Lipinski definition) is 2. The molecule has 0 bridgehead atoms. The number of anilines is 2. The maximum absolute atomic E-state index is 12.3. The highest BCUT2D eigenvalue weighted by Gasteiger charge is 2.31. The van der Waals surface area contributed by atoms with Gasteiger partial charge in [-0.05, 0) is 37.6 Å². The van der Waals surface area contributed by atoms with E-state index >= 15 is 0 Å². The molecule has 2 N–H and O–H groups in total. The summed E-state index contributed by atoms with van der Waals surface area (Å²) < 4.78 is 24.6. The van der Waals surface area contributed by atoms with Crippen LogP contribution in [0.15, 0.2) is 24.3 Å². The normalized spacial score (nSPS) is 12.4. The Labute approximate surface area is 159 Å². The lowest BCUT2D eigenvalue weighted by molar-refractivity contribution is -0.115. The molecule has 1 aromatic carbocycles. The van der Waals surface area contributed by atoms with E-state index in [0.717, 1.165) is 5.01 Å². The van der Waals surface area contributed by atoms with Crippen LogP contribution < -0.4 is 10.6 Å². The van der Waals surface area contributed by atoms with Crippen molar-refractivity contribution < 1.29 is 18.0 Å². The summed E-state index contributed by atoms with van der Waals surface area (Å²) >= 11 is 6.91. The molecule has 2 aromatic rings. The molecule has 1 unspecified atom stereocenters. The molecule has 1 aromatic heterocycles. The molecule has 0 aliphatic heterocycles. The number of sulfone groups is 1. The van der Waals surface area contributed by atoms with Crippen molar-refractivity contribution >= 4 is 55.4 Å². The van der Waals surface area contributed by atoms with Crippen LogP contribution in [0.25, 0.3) is 0 Å². The molecule has 2 rings (SSSR count). The van der Waals surface area contributed by atoms with E-state index in [1.807, 2.05) is 6.92 Å². The summed E-state index contributed by atoms with van der Waals surface area (Å²) in [5.74, 6) is -2.32. The zero-order valence-corrected chi connectivity index (χ0v) is 16.4. The molecule has 0 fully saturated rings. The Kier molecular flexibility index (Phi) is 6.68. The Bertz CT molecular complexity index is 897. The average Bonchev–Trinajstić information content (AvgIpc) is 3.03. The van der Waals surface area contributed by atoms with Crippen LogP contribution in [0.1, 0.15) is 18.9 Å². The Hall–Kier alpha value is -2.04. The van der Waals surface area contributed by atoms with Gasteiger partial charge in [-0.25, -0.2) is 8.42 Å². The fraction of sp³-hybridized carbons (Fsp3) is 0.333. The Morgan fingerprint density at radius 3 is 2.42 bits per heavy atom. The highest BCUT2D eigenvalue weighted by Crippen LogP contribution is 2.17. The molecule has 0 spiro atoms. The monoisotopic (exact) mass is 416 g/mol. The maximum Gasteiger partial charge on any atom is 0.244 e. The van der Waals surface area contributed by atoms with Gasteiger partial charge in [0, 0.05) is 10.7 Å². The van der Waals surface area contributed by atoms with Gasteiger partial charge in [0.1, 0.15) is 16.0 Å². The summed E-state index contributed by atoms with van der Waals surface area (Å²) in [5.41, 5.74) is 0.410. The fourth-order valence-electron chi connectivity index (χ4n) is 1.86. The summed E-state index contributed by atoms with van der Waals surface area (Å²) in [7, 11) is -4.00. The van der Waals surface area contributed by atoms with Crippen molar-refractivity contribution in [1.29, 1.82) is 0 Å². The minimum absolute atomic E-state index is 0.222. The first-order valence-corrected chi connectivity index (χ1v) is 10.5. The molecular weight excluding hydrogens is 400 g/mol. The third kappa shape index (κ3) is 5.48. The van der Waals surface area contributed by atoms with Crippen molar-refractivity contribution in [2.24, 2.45) is 0 Å². The van der Waals surface area contributed by atoms with Crippen LogP contribution in [0.3, 0.4) is 0 Å². The van der Waals surface area contributed by atoms with Crippen molar-refractivity contribution in [1.82, 2.24) is 10.2 Å². The van der Waals surface area contributed by atoms with Crippen molar-refractivity contribution in [2.75, 3.05) is 16.4 Å². The highest BCUT2D eigenvalue weighted by molar-refractivity contribution is 7.93. The molecule has 1 heterocycles. The summed E-state index contributed by atoms with van der Waals surface area (Å²) in [6.07, 6.45) is 0.659. The molecule has 0 saturated carbocycles. The average molecular weight is 417 g/mol. The largest absolute Gasteiger partial charge is 0.325 e. The number of carbonyl (C=O) groups is 2. The third-order valence-electron chi connectivity index (χ3n) is 3.37. The SMILES string of the molecule is CCc1nnc(NC(=O)C(C)S(=O)(=O)CC(=O)Nc2ccc(Cl)cc2)s1. The van der Waals surface area contributed by atoms with E-state index < -0.39 is 32.7 Å². The molecule has 8 nitrogen and oxygen atoms in total. The van der Waals surface area contributed by atoms with Gasteiger partial charge in [-0.2, -0.15) is 0 Å². The van der Waals surface area contributed by atoms with E-state index in [1.54, 1.807) is 24.3 Å². The van der Waals surface area contributed by atoms with Crippen LogP contribution in [0.4, 0.5) is 10.8 Å². The number of amides is 2. The van der Waals surface area contributed by atoms with Gasteiger partial charge in [-0.15, -0.1) is 10.2 Å². The fourth-order valence-corrected chi connectivity index (χ4v) is 3.74. The standard InChI is InChI=1S/C15H17ClN4O4S2/c1-3-13-19-20-15(25-13)18-14(22)9(2)26(23,24)8-12(21)17-11-6-4-10(16)5-7-11/h4-7,9H,3,8H2,1-2H3,(H,17,21)(H,18,20,22). The van der Waals surface area contributed by atoms with E-state index in [-0.39, 0.29) is 5.13 Å². The third-order valence-corrected chi connectivity index (χ3v) is 6.56. The summed E-state index contributed by atoms with van der Waals surface area (Å²) in [4.78, 5) is 24.1. The zero-order valence-electron chi connectivity index (χ0n) is 14.0. The summed E-state index contributed by atoms with van der Waals surface area (Å²) in [6.45, 7) is 3.11. The summed E-state index contributed by atoms with van der Waals surface area (Å²) in [5, 5.41) is 12.5. The molecule has 1 atom stereocenters. The second kappa shape index (κ2) is 8.56. The van der Waals surface area contributed by atoms with Crippen molar-refractivity contribution in [2.45, 2.75) is 25.5 Å². The summed E-state index contributed by atoms with van der Waals surface area (Å²) in [6, 6.07) is 6.22. The van der Waals surface area contributed by atoms with Gasteiger partial charge in [0.15, 0.2) is 9.84 Å². The van der Waals surface area contributed by atoms with E-state index in [4.69, 9.17) is 11.6 Å². The molecule has 140 valence electrons. The van der Waals surface area contributed by atoms with Crippen LogP contribution >= 0.6 is 22.9 Å². The predicted molar refractivity (Wildman–Crippen MR) is 101 cm³/mol. The zero-order chi connectivity index (χ0) is 19.3. The quantitative estimate of drug-likeness (QED) is 0.713. The molecule has 0 aliphatic rings. The van der Waals surface area contributed by atoms with Crippen LogP contribution in [0.2, 0.25) is 5.02 Å². The second-order valence-corrected chi connectivity index (χ2v) is 9.17. The van der Waals surface area contributed by atoms with E-state index in [0.29, 0.717) is 17.1 Å². The number of halogens is 1. The van der Waals surface area contributed by atoms with E-state index in [1.165, 1.54) is 18.3 Å². The minimum atomic E-state index is -4.00. The molecule has 26 heavy (non-hydrogen) atoms. The second-order valence-electron chi connectivity index (χ2n) is 5.35. The number of hydrogen-bond acceptors (Lipinski definition) is 7. The molecule has 0 aliphatic carbocycles. The van der Waals surface area contributed by atoms with Crippen LogP contribution in [0, 0.1) is 0 Å². The van der Waals surface area contributed by atoms with Crippen LogP contribution in [0.5, 0.6) is 0 Å². The van der Waals surface area contributed by atoms with Crippen molar-refractivity contribution in [3.8, 4) is 0 Å². The lowest BCUT2D eigenvalue weighted by Gasteiger charge is -2.12. The van der Waals surface area contributed by atoms with E-state index in [9.17, 15) is 18.0 Å². The van der Waals surface area contributed by atoms with Gasteiger partial charge in [0.25, 0.3) is 0 Å². The minimum Gasteiger partial charge on any atom is -0.325 e. The Morgan fingerprint density at radius 2 is 1.85 bits per heavy atom. The number of nitrogens with one attached hydrogen (secondary N) is 2. The van der Waals surface area contributed by atoms with Crippen molar-refractivity contribution in [3.05, 3.63) is 34.3 Å². The number of benzene rings is 1. The first-order chi connectivity index (χ1) is 12.2. The topological polar surface area (TPSA) is 118 Å². The van der Waals surface area contributed by atoms with Gasteiger partial charge in [0.2, 0.25) is 16.9 Å². The van der Waals surface area contributed by atoms with Gasteiger partial charge >= 0.3 is 0 Å². The number of aromatic nitrogens is 2. The Morgan fingerprint density at radius 1 is 1.19 bits per heavy atom. The van der Waals surface area contributed by atoms with Gasteiger partial charge in [-0.1, -0.05) is 29.9 Å². The Balaban J connectivity index is 1.97. The molecule has 2 amide bonds. The van der Waals surface area contributed by atoms with E-state index in [2.05, 4.69) is 20.8 Å². The highest BCUT2D eigenvalue weighted by atomic mass is 35.5. The molecule has 0 saturated heterocycles. The number of carbonyl (C=O) groups excluding carboxylic acids is 2.